The molecule has 0 heterocycles. The van der Waals surface area contributed by atoms with Gasteiger partial charge in [-0.2, -0.15) is 0 Å². The molecule has 0 spiro atoms. The first-order chi connectivity index (χ1) is 10.5. The second-order valence-corrected chi connectivity index (χ2v) is 7.10. The van der Waals surface area contributed by atoms with Gasteiger partial charge in [0, 0.05) is 11.0 Å². The van der Waals surface area contributed by atoms with Gasteiger partial charge < -0.3 is 9.47 Å². The maximum absolute atomic E-state index is 12.3. The molecule has 0 aliphatic rings. The van der Waals surface area contributed by atoms with Gasteiger partial charge in [-0.05, 0) is 36.4 Å². The van der Waals surface area contributed by atoms with Crippen molar-refractivity contribution in [3.63, 3.8) is 0 Å². The lowest BCUT2D eigenvalue weighted by Gasteiger charge is -2.14. The van der Waals surface area contributed by atoms with Crippen LogP contribution in [0.2, 0.25) is 0 Å². The number of ether oxygens (including phenoxy) is 2. The monoisotopic (exact) mass is 385 g/mol. The van der Waals surface area contributed by atoms with Gasteiger partial charge in [-0.1, -0.05) is 22.0 Å². The average Bonchev–Trinajstić information content (AvgIpc) is 2.53. The number of nitrogens with one attached hydrogen (secondary N) is 1. The van der Waals surface area contributed by atoms with Gasteiger partial charge in [0.25, 0.3) is 0 Å². The molecule has 7 heteroatoms. The zero-order chi connectivity index (χ0) is 16.2. The quantitative estimate of drug-likeness (QED) is 0.829. The van der Waals surface area contributed by atoms with E-state index in [1.165, 1.54) is 26.4 Å². The molecule has 2 rings (SSSR count). The number of rotatable bonds is 6. The Labute approximate surface area is 138 Å². The molecule has 0 saturated heterocycles. The molecule has 0 amide bonds. The number of hydrogen-bond donors (Lipinski definition) is 1. The molecule has 0 aliphatic carbocycles. The van der Waals surface area contributed by atoms with E-state index in [9.17, 15) is 8.42 Å². The standard InChI is InChI=1S/C15H16BrNO4S/c1-20-14-4-3-5-15(21-2)13(14)10-17-22(18,19)12-8-6-11(16)7-9-12/h3-9,17H,10H2,1-2H3. The predicted octanol–water partition coefficient (Wildman–Crippen LogP) is 2.94. The summed E-state index contributed by atoms with van der Waals surface area (Å²) in [6, 6.07) is 11.7. The van der Waals surface area contributed by atoms with Crippen molar-refractivity contribution < 1.29 is 17.9 Å². The number of hydrogen-bond acceptors (Lipinski definition) is 4. The van der Waals surface area contributed by atoms with Crippen LogP contribution in [0.4, 0.5) is 0 Å². The SMILES string of the molecule is COc1cccc(OC)c1CNS(=O)(=O)c1ccc(Br)cc1. The summed E-state index contributed by atoms with van der Waals surface area (Å²) in [6.45, 7) is 0.0750. The Morgan fingerprint density at radius 2 is 1.55 bits per heavy atom. The molecule has 22 heavy (non-hydrogen) atoms. The summed E-state index contributed by atoms with van der Waals surface area (Å²) >= 11 is 3.28. The topological polar surface area (TPSA) is 64.6 Å². The molecular formula is C15H16BrNO4S. The van der Waals surface area contributed by atoms with E-state index in [-0.39, 0.29) is 11.4 Å². The minimum Gasteiger partial charge on any atom is -0.496 e. The van der Waals surface area contributed by atoms with Gasteiger partial charge in [0.15, 0.2) is 0 Å². The molecule has 118 valence electrons. The molecule has 0 aromatic heterocycles. The Morgan fingerprint density at radius 1 is 1.00 bits per heavy atom. The fourth-order valence-electron chi connectivity index (χ4n) is 1.97. The second kappa shape index (κ2) is 7.13. The first-order valence-electron chi connectivity index (χ1n) is 6.43. The number of halogens is 1. The summed E-state index contributed by atoms with van der Waals surface area (Å²) in [5.74, 6) is 1.13. The van der Waals surface area contributed by atoms with Crippen molar-refractivity contribution in [1.29, 1.82) is 0 Å². The van der Waals surface area contributed by atoms with Crippen LogP contribution in [0.1, 0.15) is 5.56 Å². The van der Waals surface area contributed by atoms with Gasteiger partial charge in [-0.15, -0.1) is 0 Å². The zero-order valence-corrected chi connectivity index (χ0v) is 14.6. The second-order valence-electron chi connectivity index (χ2n) is 4.42. The van der Waals surface area contributed by atoms with Crippen molar-refractivity contribution in [1.82, 2.24) is 4.72 Å². The van der Waals surface area contributed by atoms with E-state index in [2.05, 4.69) is 20.7 Å². The molecule has 2 aromatic carbocycles. The summed E-state index contributed by atoms with van der Waals surface area (Å²) in [7, 11) is -0.549. The molecule has 0 unspecified atom stereocenters. The molecule has 0 aliphatic heterocycles. The lowest BCUT2D eigenvalue weighted by Crippen LogP contribution is -2.23. The van der Waals surface area contributed by atoms with Crippen LogP contribution in [0, 0.1) is 0 Å². The Balaban J connectivity index is 2.24. The third-order valence-electron chi connectivity index (χ3n) is 3.09. The van der Waals surface area contributed by atoms with Crippen molar-refractivity contribution >= 4 is 26.0 Å². The highest BCUT2D eigenvalue weighted by Gasteiger charge is 2.17. The fourth-order valence-corrected chi connectivity index (χ4v) is 3.23. The smallest absolute Gasteiger partial charge is 0.240 e. The fraction of sp³-hybridized carbons (Fsp3) is 0.200. The first-order valence-corrected chi connectivity index (χ1v) is 8.70. The summed E-state index contributed by atoms with van der Waals surface area (Å²) in [5, 5.41) is 0. The maximum Gasteiger partial charge on any atom is 0.240 e. The highest BCUT2D eigenvalue weighted by Crippen LogP contribution is 2.28. The van der Waals surface area contributed by atoms with Crippen molar-refractivity contribution in [2.45, 2.75) is 11.4 Å². The van der Waals surface area contributed by atoms with Crippen LogP contribution < -0.4 is 14.2 Å². The molecule has 0 atom stereocenters. The third-order valence-corrected chi connectivity index (χ3v) is 5.04. The Morgan fingerprint density at radius 3 is 2.05 bits per heavy atom. The van der Waals surface area contributed by atoms with E-state index >= 15 is 0 Å². The highest BCUT2D eigenvalue weighted by molar-refractivity contribution is 9.10. The van der Waals surface area contributed by atoms with Crippen molar-refractivity contribution in [3.05, 3.63) is 52.5 Å². The van der Waals surface area contributed by atoms with Crippen LogP contribution in [0.3, 0.4) is 0 Å². The van der Waals surface area contributed by atoms with Crippen LogP contribution in [0.25, 0.3) is 0 Å². The summed E-state index contributed by atoms with van der Waals surface area (Å²) in [4.78, 5) is 0.199. The largest absolute Gasteiger partial charge is 0.496 e. The average molecular weight is 386 g/mol. The normalized spacial score (nSPS) is 11.2. The van der Waals surface area contributed by atoms with Crippen molar-refractivity contribution in [2.24, 2.45) is 0 Å². The Kier molecular flexibility index (Phi) is 5.44. The molecule has 0 radical (unpaired) electrons. The van der Waals surface area contributed by atoms with Crippen LogP contribution in [0.5, 0.6) is 11.5 Å². The first kappa shape index (κ1) is 16.8. The predicted molar refractivity (Wildman–Crippen MR) is 87.7 cm³/mol. The Bertz CT molecular complexity index is 722. The van der Waals surface area contributed by atoms with E-state index < -0.39 is 10.0 Å². The van der Waals surface area contributed by atoms with Crippen molar-refractivity contribution in [3.8, 4) is 11.5 Å². The van der Waals surface area contributed by atoms with Crippen molar-refractivity contribution in [2.75, 3.05) is 14.2 Å². The van der Waals surface area contributed by atoms with Crippen LogP contribution in [0.15, 0.2) is 51.8 Å². The molecule has 0 fully saturated rings. The van der Waals surface area contributed by atoms with Gasteiger partial charge in [-0.25, -0.2) is 13.1 Å². The van der Waals surface area contributed by atoms with E-state index in [0.717, 1.165) is 4.47 Å². The van der Waals surface area contributed by atoms with E-state index in [4.69, 9.17) is 9.47 Å². The summed E-state index contributed by atoms with van der Waals surface area (Å²) in [5.41, 5.74) is 0.646. The van der Waals surface area contributed by atoms with E-state index in [1.54, 1.807) is 30.3 Å². The number of methoxy groups -OCH3 is 2. The molecule has 5 nitrogen and oxygen atoms in total. The van der Waals surface area contributed by atoms with Gasteiger partial charge >= 0.3 is 0 Å². The zero-order valence-electron chi connectivity index (χ0n) is 12.2. The molecule has 1 N–H and O–H groups in total. The van der Waals surface area contributed by atoms with Gasteiger partial charge in [0.1, 0.15) is 11.5 Å². The molecule has 2 aromatic rings. The van der Waals surface area contributed by atoms with E-state index in [1.807, 2.05) is 0 Å². The van der Waals surface area contributed by atoms with Gasteiger partial charge in [0.2, 0.25) is 10.0 Å². The lowest BCUT2D eigenvalue weighted by atomic mass is 10.2. The molecule has 0 saturated carbocycles. The summed E-state index contributed by atoms with van der Waals surface area (Å²) < 4.78 is 38.5. The van der Waals surface area contributed by atoms with E-state index in [0.29, 0.717) is 17.1 Å². The summed E-state index contributed by atoms with van der Waals surface area (Å²) in [6.07, 6.45) is 0. The number of benzene rings is 2. The third kappa shape index (κ3) is 3.79. The van der Waals surface area contributed by atoms with Gasteiger partial charge in [0.05, 0.1) is 24.7 Å². The van der Waals surface area contributed by atoms with Crippen LogP contribution in [-0.2, 0) is 16.6 Å². The maximum atomic E-state index is 12.3. The Hall–Kier alpha value is -1.57. The minimum atomic E-state index is -3.61. The van der Waals surface area contributed by atoms with Crippen LogP contribution >= 0.6 is 15.9 Å². The molecular weight excluding hydrogens is 370 g/mol. The molecule has 0 bridgehead atoms. The lowest BCUT2D eigenvalue weighted by molar-refractivity contribution is 0.384. The van der Waals surface area contributed by atoms with Gasteiger partial charge in [-0.3, -0.25) is 0 Å². The highest BCUT2D eigenvalue weighted by atomic mass is 79.9. The number of sulfonamides is 1. The van der Waals surface area contributed by atoms with Crippen LogP contribution in [-0.4, -0.2) is 22.6 Å². The minimum absolute atomic E-state index is 0.0750.